The topological polar surface area (TPSA) is 48.1 Å². The molecule has 18 heavy (non-hydrogen) atoms. The SMILES string of the molecule is NCC1(c2ccc3ccccc3n2)CCOCC1. The van der Waals surface area contributed by atoms with Gasteiger partial charge in [-0.25, -0.2) is 0 Å². The second-order valence-corrected chi connectivity index (χ2v) is 4.99. The zero-order valence-corrected chi connectivity index (χ0v) is 10.4. The zero-order chi connectivity index (χ0) is 12.4. The van der Waals surface area contributed by atoms with Crippen molar-refractivity contribution < 1.29 is 4.74 Å². The van der Waals surface area contributed by atoms with E-state index in [-0.39, 0.29) is 5.41 Å². The van der Waals surface area contributed by atoms with Crippen molar-refractivity contribution >= 4 is 10.9 Å². The van der Waals surface area contributed by atoms with Crippen molar-refractivity contribution in [1.29, 1.82) is 0 Å². The molecular weight excluding hydrogens is 224 g/mol. The fourth-order valence-corrected chi connectivity index (χ4v) is 2.69. The molecule has 0 radical (unpaired) electrons. The quantitative estimate of drug-likeness (QED) is 0.878. The van der Waals surface area contributed by atoms with Gasteiger partial charge in [0.05, 0.1) is 5.52 Å². The molecule has 94 valence electrons. The van der Waals surface area contributed by atoms with Gasteiger partial charge < -0.3 is 10.5 Å². The number of nitrogens with two attached hydrogens (primary N) is 1. The van der Waals surface area contributed by atoms with E-state index in [1.165, 1.54) is 5.39 Å². The highest BCUT2D eigenvalue weighted by molar-refractivity contribution is 5.78. The van der Waals surface area contributed by atoms with Crippen molar-refractivity contribution in [3.63, 3.8) is 0 Å². The Morgan fingerprint density at radius 2 is 1.89 bits per heavy atom. The zero-order valence-electron chi connectivity index (χ0n) is 10.4. The van der Waals surface area contributed by atoms with Gasteiger partial charge in [-0.3, -0.25) is 4.98 Å². The largest absolute Gasteiger partial charge is 0.381 e. The molecule has 0 aliphatic carbocycles. The maximum atomic E-state index is 6.02. The molecule has 1 aliphatic rings. The summed E-state index contributed by atoms with van der Waals surface area (Å²) in [6.45, 7) is 2.21. The summed E-state index contributed by atoms with van der Waals surface area (Å²) in [6.07, 6.45) is 1.93. The molecule has 2 aromatic rings. The molecule has 1 saturated heterocycles. The first-order valence-electron chi connectivity index (χ1n) is 6.48. The van der Waals surface area contributed by atoms with Crippen molar-refractivity contribution in [3.8, 4) is 0 Å². The van der Waals surface area contributed by atoms with Crippen LogP contribution < -0.4 is 5.73 Å². The van der Waals surface area contributed by atoms with Crippen molar-refractivity contribution in [1.82, 2.24) is 4.98 Å². The molecule has 0 unspecified atom stereocenters. The first kappa shape index (κ1) is 11.6. The van der Waals surface area contributed by atoms with Crippen LogP contribution in [0.2, 0.25) is 0 Å². The van der Waals surface area contributed by atoms with Crippen LogP contribution in [0.1, 0.15) is 18.5 Å². The molecule has 1 aliphatic heterocycles. The van der Waals surface area contributed by atoms with Gasteiger partial charge >= 0.3 is 0 Å². The minimum atomic E-state index is 0.00226. The first-order valence-corrected chi connectivity index (χ1v) is 6.48. The lowest BCUT2D eigenvalue weighted by Crippen LogP contribution is -2.41. The average Bonchev–Trinajstić information content (AvgIpc) is 2.47. The summed E-state index contributed by atoms with van der Waals surface area (Å²) in [5.74, 6) is 0. The second kappa shape index (κ2) is 4.67. The van der Waals surface area contributed by atoms with Crippen molar-refractivity contribution in [2.24, 2.45) is 5.73 Å². The molecule has 0 saturated carbocycles. The van der Waals surface area contributed by atoms with Gasteiger partial charge in [0.25, 0.3) is 0 Å². The maximum Gasteiger partial charge on any atom is 0.0705 e. The van der Waals surface area contributed by atoms with Crippen LogP contribution in [0.25, 0.3) is 10.9 Å². The van der Waals surface area contributed by atoms with Crippen LogP contribution in [0.3, 0.4) is 0 Å². The van der Waals surface area contributed by atoms with E-state index in [1.54, 1.807) is 0 Å². The van der Waals surface area contributed by atoms with Gasteiger partial charge in [0, 0.05) is 36.3 Å². The van der Waals surface area contributed by atoms with E-state index in [0.29, 0.717) is 6.54 Å². The van der Waals surface area contributed by atoms with Crippen LogP contribution in [0.15, 0.2) is 36.4 Å². The molecule has 2 N–H and O–H groups in total. The molecule has 3 heteroatoms. The van der Waals surface area contributed by atoms with E-state index in [0.717, 1.165) is 37.3 Å². The predicted octanol–water partition coefficient (Wildman–Crippen LogP) is 2.24. The number of aromatic nitrogens is 1. The van der Waals surface area contributed by atoms with Gasteiger partial charge in [0.2, 0.25) is 0 Å². The Morgan fingerprint density at radius 1 is 1.11 bits per heavy atom. The van der Waals surface area contributed by atoms with Crippen LogP contribution in [-0.2, 0) is 10.2 Å². The summed E-state index contributed by atoms with van der Waals surface area (Å²) >= 11 is 0. The number of nitrogens with zero attached hydrogens (tertiary/aromatic N) is 1. The highest BCUT2D eigenvalue weighted by Gasteiger charge is 2.34. The summed E-state index contributed by atoms with van der Waals surface area (Å²) in [5.41, 5.74) is 8.19. The van der Waals surface area contributed by atoms with Crippen molar-refractivity contribution in [2.45, 2.75) is 18.3 Å². The number of fused-ring (bicyclic) bond motifs is 1. The molecule has 3 rings (SSSR count). The molecular formula is C15H18N2O. The number of hydrogen-bond acceptors (Lipinski definition) is 3. The molecule has 1 aromatic heterocycles. The second-order valence-electron chi connectivity index (χ2n) is 4.99. The minimum Gasteiger partial charge on any atom is -0.381 e. The lowest BCUT2D eigenvalue weighted by Gasteiger charge is -2.35. The number of ether oxygens (including phenoxy) is 1. The molecule has 0 bridgehead atoms. The summed E-state index contributed by atoms with van der Waals surface area (Å²) in [7, 11) is 0. The van der Waals surface area contributed by atoms with E-state index in [9.17, 15) is 0 Å². The fourth-order valence-electron chi connectivity index (χ4n) is 2.69. The summed E-state index contributed by atoms with van der Waals surface area (Å²) < 4.78 is 5.45. The van der Waals surface area contributed by atoms with Crippen LogP contribution in [0.5, 0.6) is 0 Å². The normalized spacial score (nSPS) is 18.9. The smallest absolute Gasteiger partial charge is 0.0705 e. The third-order valence-electron chi connectivity index (χ3n) is 3.98. The highest BCUT2D eigenvalue weighted by atomic mass is 16.5. The van der Waals surface area contributed by atoms with Crippen LogP contribution in [0.4, 0.5) is 0 Å². The van der Waals surface area contributed by atoms with Gasteiger partial charge in [-0.2, -0.15) is 0 Å². The summed E-state index contributed by atoms with van der Waals surface area (Å²) in [5, 5.41) is 1.18. The molecule has 0 atom stereocenters. The minimum absolute atomic E-state index is 0.00226. The van der Waals surface area contributed by atoms with Gasteiger partial charge in [-0.05, 0) is 25.0 Å². The van der Waals surface area contributed by atoms with Gasteiger partial charge in [0.15, 0.2) is 0 Å². The van der Waals surface area contributed by atoms with E-state index in [2.05, 4.69) is 24.3 Å². The third-order valence-corrected chi connectivity index (χ3v) is 3.98. The lowest BCUT2D eigenvalue weighted by atomic mass is 9.77. The Hall–Kier alpha value is -1.45. The standard InChI is InChI=1S/C15H18N2O/c16-11-15(7-9-18-10-8-15)14-6-5-12-3-1-2-4-13(12)17-14/h1-6H,7-11,16H2. The van der Waals surface area contributed by atoms with E-state index < -0.39 is 0 Å². The van der Waals surface area contributed by atoms with E-state index >= 15 is 0 Å². The van der Waals surface area contributed by atoms with Crippen LogP contribution in [0, 0.1) is 0 Å². The van der Waals surface area contributed by atoms with E-state index in [4.69, 9.17) is 15.5 Å². The summed E-state index contributed by atoms with van der Waals surface area (Å²) in [6, 6.07) is 12.5. The van der Waals surface area contributed by atoms with Crippen molar-refractivity contribution in [2.75, 3.05) is 19.8 Å². The first-order chi connectivity index (χ1) is 8.84. The van der Waals surface area contributed by atoms with Crippen LogP contribution >= 0.6 is 0 Å². The molecule has 0 amide bonds. The lowest BCUT2D eigenvalue weighted by molar-refractivity contribution is 0.0516. The maximum absolute atomic E-state index is 6.02. The Morgan fingerprint density at radius 3 is 2.67 bits per heavy atom. The Labute approximate surface area is 107 Å². The molecule has 2 heterocycles. The number of rotatable bonds is 2. The molecule has 1 fully saturated rings. The Balaban J connectivity index is 2.06. The average molecular weight is 242 g/mol. The molecule has 0 spiro atoms. The Kier molecular flexibility index (Phi) is 3.02. The number of para-hydroxylation sites is 1. The van der Waals surface area contributed by atoms with Crippen molar-refractivity contribution in [3.05, 3.63) is 42.1 Å². The van der Waals surface area contributed by atoms with Gasteiger partial charge in [-0.15, -0.1) is 0 Å². The monoisotopic (exact) mass is 242 g/mol. The van der Waals surface area contributed by atoms with Gasteiger partial charge in [0.1, 0.15) is 0 Å². The molecule has 3 nitrogen and oxygen atoms in total. The number of benzene rings is 1. The Bertz CT molecular complexity index is 547. The fraction of sp³-hybridized carbons (Fsp3) is 0.400. The van der Waals surface area contributed by atoms with Crippen LogP contribution in [-0.4, -0.2) is 24.7 Å². The highest BCUT2D eigenvalue weighted by Crippen LogP contribution is 2.33. The number of hydrogen-bond donors (Lipinski definition) is 1. The number of pyridine rings is 1. The third kappa shape index (κ3) is 1.89. The summed E-state index contributed by atoms with van der Waals surface area (Å²) in [4.78, 5) is 4.81. The van der Waals surface area contributed by atoms with E-state index in [1.807, 2.05) is 12.1 Å². The van der Waals surface area contributed by atoms with Gasteiger partial charge in [-0.1, -0.05) is 24.3 Å². The molecule has 1 aromatic carbocycles. The predicted molar refractivity (Wildman–Crippen MR) is 72.5 cm³/mol.